The van der Waals surface area contributed by atoms with Crippen molar-refractivity contribution >= 4 is 21.0 Å². The van der Waals surface area contributed by atoms with Crippen molar-refractivity contribution in [3.05, 3.63) is 59.4 Å². The van der Waals surface area contributed by atoms with Crippen LogP contribution in [0.4, 0.5) is 22.0 Å². The van der Waals surface area contributed by atoms with E-state index in [0.717, 1.165) is 18.5 Å². The van der Waals surface area contributed by atoms with Crippen LogP contribution in [0, 0.1) is 5.41 Å². The van der Waals surface area contributed by atoms with Crippen LogP contribution in [0.25, 0.3) is 11.1 Å². The fourth-order valence-electron chi connectivity index (χ4n) is 3.45. The number of pyridine rings is 1. The Balaban J connectivity index is 2.08. The van der Waals surface area contributed by atoms with E-state index in [0.29, 0.717) is 22.3 Å². The molecule has 0 unspecified atom stereocenters. The van der Waals surface area contributed by atoms with Crippen molar-refractivity contribution in [2.75, 3.05) is 19.6 Å². The molecule has 0 saturated heterocycles. The molecule has 0 saturated carbocycles. The van der Waals surface area contributed by atoms with E-state index in [9.17, 15) is 30.4 Å². The van der Waals surface area contributed by atoms with Crippen molar-refractivity contribution in [1.29, 1.82) is 0 Å². The highest BCUT2D eigenvalue weighted by atomic mass is 32.2. The lowest BCUT2D eigenvalue weighted by Crippen LogP contribution is -2.22. The van der Waals surface area contributed by atoms with E-state index in [2.05, 4.69) is 4.98 Å². The minimum Gasteiger partial charge on any atom is -0.251 e. The topological polar surface area (TPSA) is 47.0 Å². The van der Waals surface area contributed by atoms with Crippen molar-refractivity contribution < 1.29 is 30.4 Å². The molecule has 0 fully saturated rings. The van der Waals surface area contributed by atoms with Gasteiger partial charge in [0.25, 0.3) is 0 Å². The summed E-state index contributed by atoms with van der Waals surface area (Å²) >= 11 is 0. The van der Waals surface area contributed by atoms with Gasteiger partial charge >= 0.3 is 6.18 Å². The maximum atomic E-state index is 13.7. The molecular formula is C20H18F5NO2S. The first-order valence-electron chi connectivity index (χ1n) is 8.67. The van der Waals surface area contributed by atoms with Crippen molar-refractivity contribution in [3.63, 3.8) is 0 Å². The normalized spacial score (nSPS) is 17.0. The van der Waals surface area contributed by atoms with Crippen LogP contribution in [0.15, 0.2) is 47.5 Å². The minimum absolute atomic E-state index is 0.0101. The number of benzene rings is 1. The second-order valence-corrected chi connectivity index (χ2v) is 9.32. The van der Waals surface area contributed by atoms with Crippen LogP contribution in [0.1, 0.15) is 29.7 Å². The molecule has 1 aromatic heterocycles. The molecule has 2 aromatic rings. The van der Waals surface area contributed by atoms with Gasteiger partial charge in [-0.3, -0.25) is 13.8 Å². The highest BCUT2D eigenvalue weighted by Gasteiger charge is 2.40. The monoisotopic (exact) mass is 431 g/mol. The first kappa shape index (κ1) is 21.4. The second-order valence-electron chi connectivity index (χ2n) is 7.30. The standard InChI is InChI=1S/C20H18F5NO2S/c1-29(27,28)15-5-2-13(3-6-15)16-8-19(11-21,12-22)9-17(16)14-4-7-18(26-10-14)20(23,24)25/h2-7,10H,8-9,11-12H2,1H3. The summed E-state index contributed by atoms with van der Waals surface area (Å²) in [6.45, 7) is -1.85. The van der Waals surface area contributed by atoms with Gasteiger partial charge in [-0.2, -0.15) is 13.2 Å². The van der Waals surface area contributed by atoms with Crippen LogP contribution in [-0.2, 0) is 16.0 Å². The predicted molar refractivity (Wildman–Crippen MR) is 99.2 cm³/mol. The first-order chi connectivity index (χ1) is 13.5. The first-order valence-corrected chi connectivity index (χ1v) is 10.6. The summed E-state index contributed by atoms with van der Waals surface area (Å²) in [6, 6.07) is 7.93. The molecule has 0 N–H and O–H groups in total. The van der Waals surface area contributed by atoms with Crippen molar-refractivity contribution in [2.45, 2.75) is 23.9 Å². The average Bonchev–Trinajstić information content (AvgIpc) is 3.07. The van der Waals surface area contributed by atoms with E-state index in [4.69, 9.17) is 0 Å². The molecule has 0 radical (unpaired) electrons. The lowest BCUT2D eigenvalue weighted by Gasteiger charge is -2.22. The highest BCUT2D eigenvalue weighted by Crippen LogP contribution is 2.50. The molecule has 0 bridgehead atoms. The molecule has 0 atom stereocenters. The van der Waals surface area contributed by atoms with E-state index >= 15 is 0 Å². The highest BCUT2D eigenvalue weighted by molar-refractivity contribution is 7.90. The Morgan fingerprint density at radius 1 is 0.931 bits per heavy atom. The maximum Gasteiger partial charge on any atom is 0.433 e. The number of sulfone groups is 1. The van der Waals surface area contributed by atoms with Gasteiger partial charge in [0.15, 0.2) is 9.84 Å². The Morgan fingerprint density at radius 2 is 1.45 bits per heavy atom. The number of hydrogen-bond donors (Lipinski definition) is 0. The van der Waals surface area contributed by atoms with Gasteiger partial charge < -0.3 is 0 Å². The zero-order chi connectivity index (χ0) is 21.4. The molecule has 156 valence electrons. The Labute approximate surface area is 165 Å². The van der Waals surface area contributed by atoms with Crippen LogP contribution in [0.2, 0.25) is 0 Å². The van der Waals surface area contributed by atoms with Gasteiger partial charge in [0.1, 0.15) is 5.69 Å². The van der Waals surface area contributed by atoms with E-state index in [1.54, 1.807) is 0 Å². The fourth-order valence-corrected chi connectivity index (χ4v) is 4.08. The lowest BCUT2D eigenvalue weighted by atomic mass is 9.85. The summed E-state index contributed by atoms with van der Waals surface area (Å²) in [5.41, 5.74) is -0.347. The Hall–Kier alpha value is -2.29. The number of halogens is 5. The van der Waals surface area contributed by atoms with Crippen molar-refractivity contribution in [3.8, 4) is 0 Å². The Kier molecular flexibility index (Phi) is 5.55. The lowest BCUT2D eigenvalue weighted by molar-refractivity contribution is -0.141. The summed E-state index contributed by atoms with van der Waals surface area (Å²) in [6.07, 6.45) is -2.41. The molecule has 1 aliphatic carbocycles. The zero-order valence-electron chi connectivity index (χ0n) is 15.4. The van der Waals surface area contributed by atoms with Gasteiger partial charge in [-0.15, -0.1) is 0 Å². The summed E-state index contributed by atoms with van der Waals surface area (Å²) in [5, 5.41) is 0. The second kappa shape index (κ2) is 7.51. The third kappa shape index (κ3) is 4.34. The maximum absolute atomic E-state index is 13.7. The van der Waals surface area contributed by atoms with Crippen LogP contribution >= 0.6 is 0 Å². The number of hydrogen-bond acceptors (Lipinski definition) is 3. The number of alkyl halides is 5. The number of allylic oxidation sites excluding steroid dienone is 2. The molecule has 1 aromatic carbocycles. The molecule has 0 aliphatic heterocycles. The number of nitrogens with zero attached hydrogens (tertiary/aromatic N) is 1. The smallest absolute Gasteiger partial charge is 0.251 e. The van der Waals surface area contributed by atoms with Crippen LogP contribution in [-0.4, -0.2) is 33.0 Å². The van der Waals surface area contributed by atoms with E-state index in [-0.39, 0.29) is 17.7 Å². The molecular weight excluding hydrogens is 413 g/mol. The van der Waals surface area contributed by atoms with Crippen molar-refractivity contribution in [2.24, 2.45) is 5.41 Å². The van der Waals surface area contributed by atoms with Gasteiger partial charge in [0.05, 0.1) is 18.2 Å². The molecule has 0 spiro atoms. The Morgan fingerprint density at radius 3 is 1.86 bits per heavy atom. The zero-order valence-corrected chi connectivity index (χ0v) is 16.2. The van der Waals surface area contributed by atoms with E-state index < -0.39 is 40.5 Å². The SMILES string of the molecule is CS(=O)(=O)c1ccc(C2=C(c3ccc(C(F)(F)F)nc3)CC(CF)(CF)C2)cc1. The largest absolute Gasteiger partial charge is 0.433 e. The molecule has 0 amide bonds. The summed E-state index contributed by atoms with van der Waals surface area (Å²) in [5.74, 6) is 0. The Bertz CT molecular complexity index is 1020. The minimum atomic E-state index is -4.59. The fraction of sp³-hybridized carbons (Fsp3) is 0.350. The van der Waals surface area contributed by atoms with Gasteiger partial charge in [-0.1, -0.05) is 18.2 Å². The third-order valence-corrected chi connectivity index (χ3v) is 6.20. The van der Waals surface area contributed by atoms with E-state index in [1.165, 1.54) is 30.3 Å². The van der Waals surface area contributed by atoms with Gasteiger partial charge in [-0.25, -0.2) is 8.42 Å². The van der Waals surface area contributed by atoms with Crippen LogP contribution in [0.3, 0.4) is 0 Å². The van der Waals surface area contributed by atoms with Crippen LogP contribution < -0.4 is 0 Å². The van der Waals surface area contributed by atoms with Crippen molar-refractivity contribution in [1.82, 2.24) is 4.98 Å². The molecule has 9 heteroatoms. The molecule has 1 heterocycles. The quantitative estimate of drug-likeness (QED) is 0.617. The van der Waals surface area contributed by atoms with Gasteiger partial charge in [0, 0.05) is 17.9 Å². The summed E-state index contributed by atoms with van der Waals surface area (Å²) < 4.78 is 89.0. The molecule has 3 rings (SSSR count). The summed E-state index contributed by atoms with van der Waals surface area (Å²) in [4.78, 5) is 3.54. The summed E-state index contributed by atoms with van der Waals surface area (Å²) in [7, 11) is -3.41. The molecule has 3 nitrogen and oxygen atoms in total. The van der Waals surface area contributed by atoms with Gasteiger partial charge in [-0.05, 0) is 53.3 Å². The number of aromatic nitrogens is 1. The number of rotatable bonds is 5. The average molecular weight is 431 g/mol. The third-order valence-electron chi connectivity index (χ3n) is 5.07. The predicted octanol–water partition coefficient (Wildman–Crippen LogP) is 5.13. The van der Waals surface area contributed by atoms with Gasteiger partial charge in [0.2, 0.25) is 0 Å². The van der Waals surface area contributed by atoms with E-state index in [1.807, 2.05) is 0 Å². The molecule has 1 aliphatic rings. The van der Waals surface area contributed by atoms with Crippen LogP contribution in [0.5, 0.6) is 0 Å². The molecule has 29 heavy (non-hydrogen) atoms.